The summed E-state index contributed by atoms with van der Waals surface area (Å²) in [5.41, 5.74) is 7.70. The predicted molar refractivity (Wildman–Crippen MR) is 97.6 cm³/mol. The van der Waals surface area contributed by atoms with Gasteiger partial charge in [-0.15, -0.1) is 0 Å². The van der Waals surface area contributed by atoms with Crippen molar-refractivity contribution in [3.05, 3.63) is 65.2 Å². The lowest BCUT2D eigenvalue weighted by Gasteiger charge is -2.14. The summed E-state index contributed by atoms with van der Waals surface area (Å²) in [6.07, 6.45) is -0.958. The van der Waals surface area contributed by atoms with E-state index in [9.17, 15) is 14.4 Å². The van der Waals surface area contributed by atoms with Crippen molar-refractivity contribution < 1.29 is 19.1 Å². The molecule has 0 aromatic heterocycles. The van der Waals surface area contributed by atoms with Gasteiger partial charge in [-0.2, -0.15) is 0 Å². The molecule has 0 bridgehead atoms. The number of primary amides is 1. The van der Waals surface area contributed by atoms with Crippen LogP contribution in [0.4, 0.5) is 10.5 Å². The fourth-order valence-electron chi connectivity index (χ4n) is 2.19. The zero-order chi connectivity index (χ0) is 19.1. The number of hydrogen-bond donors (Lipinski definition) is 3. The van der Waals surface area contributed by atoms with Crippen LogP contribution in [0.3, 0.4) is 0 Å². The second-order valence-corrected chi connectivity index (χ2v) is 5.82. The standard InChI is InChI=1S/C19H21N3O4/c1-12-6-8-14(9-7-12)11-21-17(23)13(2)26-18(24)15-4-3-5-16(10-15)22-19(20)25/h3-10,13H,11H2,1-2H3,(H,21,23)(H3,20,22,25)/t13-/m0/s1. The third-order valence-electron chi connectivity index (χ3n) is 3.61. The molecular weight excluding hydrogens is 334 g/mol. The molecule has 26 heavy (non-hydrogen) atoms. The molecule has 7 heteroatoms. The summed E-state index contributed by atoms with van der Waals surface area (Å²) in [6, 6.07) is 13.1. The number of aryl methyl sites for hydroxylation is 1. The van der Waals surface area contributed by atoms with Crippen molar-refractivity contribution in [2.24, 2.45) is 5.73 Å². The Morgan fingerprint density at radius 3 is 2.46 bits per heavy atom. The van der Waals surface area contributed by atoms with Gasteiger partial charge < -0.3 is 21.1 Å². The van der Waals surface area contributed by atoms with Crippen LogP contribution in [-0.2, 0) is 16.1 Å². The first-order chi connectivity index (χ1) is 12.3. The van der Waals surface area contributed by atoms with E-state index in [1.165, 1.54) is 19.1 Å². The van der Waals surface area contributed by atoms with Crippen molar-refractivity contribution >= 4 is 23.6 Å². The van der Waals surface area contributed by atoms with E-state index in [2.05, 4.69) is 10.6 Å². The molecule has 2 rings (SSSR count). The van der Waals surface area contributed by atoms with Crippen LogP contribution in [0.5, 0.6) is 0 Å². The highest BCUT2D eigenvalue weighted by atomic mass is 16.5. The van der Waals surface area contributed by atoms with Crippen molar-refractivity contribution in [3.63, 3.8) is 0 Å². The molecule has 7 nitrogen and oxygen atoms in total. The molecule has 0 saturated heterocycles. The van der Waals surface area contributed by atoms with E-state index >= 15 is 0 Å². The maximum atomic E-state index is 12.2. The van der Waals surface area contributed by atoms with Crippen LogP contribution in [0.25, 0.3) is 0 Å². The number of amides is 3. The molecule has 0 spiro atoms. The van der Waals surface area contributed by atoms with Gasteiger partial charge in [0, 0.05) is 12.2 Å². The molecule has 0 aliphatic heterocycles. The number of nitrogens with two attached hydrogens (primary N) is 1. The molecule has 0 aliphatic rings. The third kappa shape index (κ3) is 5.62. The van der Waals surface area contributed by atoms with Gasteiger partial charge in [0.25, 0.3) is 5.91 Å². The fraction of sp³-hybridized carbons (Fsp3) is 0.211. The average Bonchev–Trinajstić information content (AvgIpc) is 2.60. The molecule has 0 unspecified atom stereocenters. The van der Waals surface area contributed by atoms with Crippen molar-refractivity contribution in [1.29, 1.82) is 0 Å². The van der Waals surface area contributed by atoms with E-state index in [0.29, 0.717) is 12.2 Å². The number of hydrogen-bond acceptors (Lipinski definition) is 4. The van der Waals surface area contributed by atoms with Gasteiger partial charge in [-0.25, -0.2) is 9.59 Å². The van der Waals surface area contributed by atoms with Crippen LogP contribution in [0, 0.1) is 6.92 Å². The number of carbonyl (C=O) groups excluding carboxylic acids is 3. The fourth-order valence-corrected chi connectivity index (χ4v) is 2.19. The number of benzene rings is 2. The summed E-state index contributed by atoms with van der Waals surface area (Å²) in [6.45, 7) is 3.82. The first-order valence-electron chi connectivity index (χ1n) is 8.06. The van der Waals surface area contributed by atoms with Gasteiger partial charge in [0.1, 0.15) is 0 Å². The first kappa shape index (κ1) is 19.0. The molecule has 0 aliphatic carbocycles. The Kier molecular flexibility index (Phi) is 6.32. The van der Waals surface area contributed by atoms with E-state index < -0.39 is 24.0 Å². The van der Waals surface area contributed by atoms with Crippen LogP contribution in [0.2, 0.25) is 0 Å². The van der Waals surface area contributed by atoms with Gasteiger partial charge >= 0.3 is 12.0 Å². The smallest absolute Gasteiger partial charge is 0.338 e. The molecule has 2 aromatic carbocycles. The van der Waals surface area contributed by atoms with Gasteiger partial charge in [0.15, 0.2) is 6.10 Å². The summed E-state index contributed by atoms with van der Waals surface area (Å²) >= 11 is 0. The molecule has 2 aromatic rings. The van der Waals surface area contributed by atoms with Gasteiger partial charge in [-0.3, -0.25) is 4.79 Å². The van der Waals surface area contributed by atoms with Gasteiger partial charge in [0.05, 0.1) is 5.56 Å². The average molecular weight is 355 g/mol. The number of nitrogens with one attached hydrogen (secondary N) is 2. The summed E-state index contributed by atoms with van der Waals surface area (Å²) in [4.78, 5) is 35.1. The zero-order valence-electron chi connectivity index (χ0n) is 14.6. The number of esters is 1. The van der Waals surface area contributed by atoms with Crippen molar-refractivity contribution in [3.8, 4) is 0 Å². The van der Waals surface area contributed by atoms with Crippen LogP contribution in [-0.4, -0.2) is 24.0 Å². The quantitative estimate of drug-likeness (QED) is 0.691. The van der Waals surface area contributed by atoms with E-state index in [1.807, 2.05) is 31.2 Å². The number of anilines is 1. The summed E-state index contributed by atoms with van der Waals surface area (Å²) in [5.74, 6) is -1.07. The van der Waals surface area contributed by atoms with E-state index in [4.69, 9.17) is 10.5 Å². The topological polar surface area (TPSA) is 111 Å². The van der Waals surface area contributed by atoms with E-state index in [1.54, 1.807) is 12.1 Å². The monoisotopic (exact) mass is 355 g/mol. The van der Waals surface area contributed by atoms with Gasteiger partial charge in [0.2, 0.25) is 0 Å². The number of urea groups is 1. The summed E-state index contributed by atoms with van der Waals surface area (Å²) in [5, 5.41) is 5.09. The minimum absolute atomic E-state index is 0.203. The predicted octanol–water partition coefficient (Wildman–Crippen LogP) is 2.35. The van der Waals surface area contributed by atoms with Crippen LogP contribution in [0.1, 0.15) is 28.4 Å². The second-order valence-electron chi connectivity index (χ2n) is 5.82. The highest BCUT2D eigenvalue weighted by Crippen LogP contribution is 2.12. The molecule has 0 heterocycles. The van der Waals surface area contributed by atoms with E-state index in [0.717, 1.165) is 11.1 Å². The Hall–Kier alpha value is -3.35. The Morgan fingerprint density at radius 2 is 1.81 bits per heavy atom. The largest absolute Gasteiger partial charge is 0.449 e. The lowest BCUT2D eigenvalue weighted by atomic mass is 10.1. The molecule has 4 N–H and O–H groups in total. The molecule has 0 radical (unpaired) electrons. The highest BCUT2D eigenvalue weighted by molar-refractivity contribution is 5.94. The maximum Gasteiger partial charge on any atom is 0.338 e. The van der Waals surface area contributed by atoms with Crippen molar-refractivity contribution in [1.82, 2.24) is 5.32 Å². The van der Waals surface area contributed by atoms with Crippen LogP contribution in [0.15, 0.2) is 48.5 Å². The van der Waals surface area contributed by atoms with E-state index in [-0.39, 0.29) is 5.56 Å². The Balaban J connectivity index is 1.90. The third-order valence-corrected chi connectivity index (χ3v) is 3.61. The first-order valence-corrected chi connectivity index (χ1v) is 8.06. The Morgan fingerprint density at radius 1 is 1.12 bits per heavy atom. The Labute approximate surface area is 151 Å². The number of ether oxygens (including phenoxy) is 1. The molecule has 0 fully saturated rings. The molecule has 1 atom stereocenters. The second kappa shape index (κ2) is 8.66. The van der Waals surface area contributed by atoms with Crippen LogP contribution < -0.4 is 16.4 Å². The Bertz CT molecular complexity index is 803. The van der Waals surface area contributed by atoms with Crippen LogP contribution >= 0.6 is 0 Å². The molecule has 3 amide bonds. The normalized spacial score (nSPS) is 11.3. The molecule has 0 saturated carbocycles. The minimum Gasteiger partial charge on any atom is -0.449 e. The summed E-state index contributed by atoms with van der Waals surface area (Å²) in [7, 11) is 0. The number of rotatable bonds is 6. The zero-order valence-corrected chi connectivity index (χ0v) is 14.6. The van der Waals surface area contributed by atoms with Crippen molar-refractivity contribution in [2.75, 3.05) is 5.32 Å². The minimum atomic E-state index is -0.958. The molecule has 136 valence electrons. The van der Waals surface area contributed by atoms with Gasteiger partial charge in [-0.05, 0) is 37.6 Å². The summed E-state index contributed by atoms with van der Waals surface area (Å²) < 4.78 is 5.17. The maximum absolute atomic E-state index is 12.2. The number of carbonyl (C=O) groups is 3. The van der Waals surface area contributed by atoms with Gasteiger partial charge in [-0.1, -0.05) is 35.9 Å². The highest BCUT2D eigenvalue weighted by Gasteiger charge is 2.19. The molecular formula is C19H21N3O4. The SMILES string of the molecule is Cc1ccc(CNC(=O)[C@H](C)OC(=O)c2cccc(NC(N)=O)c2)cc1. The lowest BCUT2D eigenvalue weighted by Crippen LogP contribution is -2.35. The van der Waals surface area contributed by atoms with Crippen molar-refractivity contribution in [2.45, 2.75) is 26.5 Å². The lowest BCUT2D eigenvalue weighted by molar-refractivity contribution is -0.129.